The normalized spacial score (nSPS) is 20.9. The van der Waals surface area contributed by atoms with E-state index >= 15 is 0 Å². The summed E-state index contributed by atoms with van der Waals surface area (Å²) in [6, 6.07) is 10.1. The number of likely N-dealkylation sites (tertiary alicyclic amines) is 2. The summed E-state index contributed by atoms with van der Waals surface area (Å²) in [6.07, 6.45) is 0.301. The van der Waals surface area contributed by atoms with Crippen molar-refractivity contribution in [2.24, 2.45) is 0 Å². The largest absolute Gasteiger partial charge is 0.445 e. The molecule has 0 spiro atoms. The molecule has 27 heavy (non-hydrogen) atoms. The van der Waals surface area contributed by atoms with Gasteiger partial charge in [0, 0.05) is 32.2 Å². The van der Waals surface area contributed by atoms with Crippen molar-refractivity contribution >= 4 is 12.2 Å². The molecule has 0 aromatic heterocycles. The van der Waals surface area contributed by atoms with Crippen molar-refractivity contribution in [1.29, 1.82) is 0 Å². The highest BCUT2D eigenvalue weighted by Crippen LogP contribution is 2.22. The maximum absolute atomic E-state index is 12.2. The smallest absolute Gasteiger partial charge is 0.410 e. The summed E-state index contributed by atoms with van der Waals surface area (Å²) >= 11 is 0. The Morgan fingerprint density at radius 1 is 1.15 bits per heavy atom. The Balaban J connectivity index is 1.35. The van der Waals surface area contributed by atoms with Crippen LogP contribution in [0.2, 0.25) is 0 Å². The van der Waals surface area contributed by atoms with Crippen LogP contribution in [0.3, 0.4) is 0 Å². The molecule has 2 heterocycles. The number of nitrogens with zero attached hydrogens (tertiary/aromatic N) is 2. The minimum Gasteiger partial charge on any atom is -0.445 e. The Bertz CT molecular complexity index is 653. The van der Waals surface area contributed by atoms with Crippen molar-refractivity contribution in [3.63, 3.8) is 0 Å². The lowest BCUT2D eigenvalue weighted by atomic mass is 10.0. The molecule has 2 aliphatic heterocycles. The van der Waals surface area contributed by atoms with E-state index < -0.39 is 5.60 Å². The van der Waals surface area contributed by atoms with Crippen LogP contribution in [0.4, 0.5) is 9.59 Å². The van der Waals surface area contributed by atoms with Crippen molar-refractivity contribution < 1.29 is 19.1 Å². The molecule has 1 aromatic carbocycles. The predicted octanol–water partition coefficient (Wildman–Crippen LogP) is 2.61. The monoisotopic (exact) mass is 375 g/mol. The van der Waals surface area contributed by atoms with Gasteiger partial charge in [0.25, 0.3) is 0 Å². The Kier molecular flexibility index (Phi) is 5.89. The van der Waals surface area contributed by atoms with Gasteiger partial charge in [0.1, 0.15) is 12.2 Å². The first kappa shape index (κ1) is 19.5. The molecule has 148 valence electrons. The fraction of sp³-hybridized carbons (Fsp3) is 0.600. The maximum atomic E-state index is 12.2. The standard InChI is InChI=1S/C20H29N3O4/c1-20(2,3)27-18(24)21-16-11-23(12-16)17-9-10-22(13-17)19(25)26-14-15-7-5-4-6-8-15/h4-8,16-17H,9-14H2,1-3H3,(H,21,24). The number of hydrogen-bond donors (Lipinski definition) is 1. The van der Waals surface area contributed by atoms with E-state index in [4.69, 9.17) is 9.47 Å². The van der Waals surface area contributed by atoms with Crippen LogP contribution in [0, 0.1) is 0 Å². The number of ether oxygens (including phenoxy) is 2. The summed E-state index contributed by atoms with van der Waals surface area (Å²) < 4.78 is 10.7. The summed E-state index contributed by atoms with van der Waals surface area (Å²) in [5.41, 5.74) is 0.500. The Hall–Kier alpha value is -2.28. The topological polar surface area (TPSA) is 71.1 Å². The van der Waals surface area contributed by atoms with Crippen LogP contribution in [0.25, 0.3) is 0 Å². The molecule has 2 saturated heterocycles. The minimum absolute atomic E-state index is 0.110. The second-order valence-electron chi connectivity index (χ2n) is 8.23. The average molecular weight is 375 g/mol. The highest BCUT2D eigenvalue weighted by molar-refractivity contribution is 5.68. The molecule has 0 radical (unpaired) electrons. The summed E-state index contributed by atoms with van der Waals surface area (Å²) in [7, 11) is 0. The summed E-state index contributed by atoms with van der Waals surface area (Å²) in [4.78, 5) is 28.1. The molecule has 1 aromatic rings. The summed E-state index contributed by atoms with van der Waals surface area (Å²) in [5.74, 6) is 0. The van der Waals surface area contributed by atoms with Gasteiger partial charge in [0.2, 0.25) is 0 Å². The van der Waals surface area contributed by atoms with Gasteiger partial charge in [-0.25, -0.2) is 9.59 Å². The van der Waals surface area contributed by atoms with Gasteiger partial charge in [-0.05, 0) is 32.8 Å². The quantitative estimate of drug-likeness (QED) is 0.876. The number of hydrogen-bond acceptors (Lipinski definition) is 5. The third-order valence-corrected chi connectivity index (χ3v) is 4.77. The lowest BCUT2D eigenvalue weighted by molar-refractivity contribution is 0.0328. The SMILES string of the molecule is CC(C)(C)OC(=O)NC1CN(C2CCN(C(=O)OCc3ccccc3)C2)C1. The third-order valence-electron chi connectivity index (χ3n) is 4.77. The predicted molar refractivity (Wildman–Crippen MR) is 101 cm³/mol. The highest BCUT2D eigenvalue weighted by atomic mass is 16.6. The first-order valence-corrected chi connectivity index (χ1v) is 9.49. The molecule has 3 rings (SSSR count). The van der Waals surface area contributed by atoms with E-state index in [1.165, 1.54) is 0 Å². The molecule has 2 aliphatic rings. The number of carbonyl (C=O) groups is 2. The van der Waals surface area contributed by atoms with Gasteiger partial charge in [0.05, 0.1) is 6.04 Å². The summed E-state index contributed by atoms with van der Waals surface area (Å²) in [5, 5.41) is 2.89. The van der Waals surface area contributed by atoms with E-state index in [1.54, 1.807) is 4.90 Å². The van der Waals surface area contributed by atoms with E-state index in [0.29, 0.717) is 25.7 Å². The first-order valence-electron chi connectivity index (χ1n) is 9.49. The molecule has 7 heteroatoms. The second-order valence-corrected chi connectivity index (χ2v) is 8.23. The second kappa shape index (κ2) is 8.17. The number of carbonyl (C=O) groups excluding carboxylic acids is 2. The lowest BCUT2D eigenvalue weighted by Crippen LogP contribution is -2.62. The summed E-state index contributed by atoms with van der Waals surface area (Å²) in [6.45, 7) is 8.81. The minimum atomic E-state index is -0.487. The zero-order valence-corrected chi connectivity index (χ0v) is 16.3. The Morgan fingerprint density at radius 2 is 1.85 bits per heavy atom. The molecule has 0 bridgehead atoms. The van der Waals surface area contributed by atoms with Crippen molar-refractivity contribution in [2.45, 2.75) is 51.5 Å². The molecular formula is C20H29N3O4. The van der Waals surface area contributed by atoms with Gasteiger partial charge in [-0.15, -0.1) is 0 Å². The van der Waals surface area contributed by atoms with Crippen molar-refractivity contribution in [3.8, 4) is 0 Å². The van der Waals surface area contributed by atoms with Crippen LogP contribution >= 0.6 is 0 Å². The Labute approximate surface area is 160 Å². The Morgan fingerprint density at radius 3 is 2.52 bits per heavy atom. The lowest BCUT2D eigenvalue weighted by Gasteiger charge is -2.43. The van der Waals surface area contributed by atoms with Crippen LogP contribution in [-0.2, 0) is 16.1 Å². The van der Waals surface area contributed by atoms with Crippen molar-refractivity contribution in [3.05, 3.63) is 35.9 Å². The molecule has 1 unspecified atom stereocenters. The molecule has 7 nitrogen and oxygen atoms in total. The van der Waals surface area contributed by atoms with Crippen LogP contribution in [-0.4, -0.2) is 65.9 Å². The van der Waals surface area contributed by atoms with Crippen LogP contribution in [0.15, 0.2) is 30.3 Å². The number of benzene rings is 1. The van der Waals surface area contributed by atoms with Gasteiger partial charge >= 0.3 is 12.2 Å². The van der Waals surface area contributed by atoms with Gasteiger partial charge in [-0.3, -0.25) is 4.90 Å². The van der Waals surface area contributed by atoms with Crippen LogP contribution in [0.5, 0.6) is 0 Å². The molecule has 1 atom stereocenters. The van der Waals surface area contributed by atoms with Crippen molar-refractivity contribution in [2.75, 3.05) is 26.2 Å². The third kappa shape index (κ3) is 5.60. The molecule has 0 saturated carbocycles. The highest BCUT2D eigenvalue weighted by Gasteiger charge is 2.38. The number of alkyl carbamates (subject to hydrolysis) is 1. The van der Waals surface area contributed by atoms with E-state index in [2.05, 4.69) is 10.2 Å². The zero-order valence-electron chi connectivity index (χ0n) is 16.3. The van der Waals surface area contributed by atoms with E-state index in [-0.39, 0.29) is 18.2 Å². The number of nitrogens with one attached hydrogen (secondary N) is 1. The maximum Gasteiger partial charge on any atom is 0.410 e. The molecule has 0 aliphatic carbocycles. The number of rotatable bonds is 4. The van der Waals surface area contributed by atoms with Gasteiger partial charge < -0.3 is 19.7 Å². The van der Waals surface area contributed by atoms with E-state index in [9.17, 15) is 9.59 Å². The van der Waals surface area contributed by atoms with E-state index in [1.807, 2.05) is 51.1 Å². The zero-order chi connectivity index (χ0) is 19.4. The fourth-order valence-corrected chi connectivity index (χ4v) is 3.39. The number of amides is 2. The van der Waals surface area contributed by atoms with Gasteiger partial charge in [0.15, 0.2) is 0 Å². The van der Waals surface area contributed by atoms with Gasteiger partial charge in [-0.1, -0.05) is 30.3 Å². The first-order chi connectivity index (χ1) is 12.8. The molecule has 1 N–H and O–H groups in total. The van der Waals surface area contributed by atoms with E-state index in [0.717, 1.165) is 25.1 Å². The average Bonchev–Trinajstić information content (AvgIpc) is 3.04. The van der Waals surface area contributed by atoms with Crippen LogP contribution in [0.1, 0.15) is 32.8 Å². The molecule has 2 fully saturated rings. The van der Waals surface area contributed by atoms with Crippen molar-refractivity contribution in [1.82, 2.24) is 15.1 Å². The fourth-order valence-electron chi connectivity index (χ4n) is 3.39. The molecular weight excluding hydrogens is 346 g/mol. The molecule has 2 amide bonds. The van der Waals surface area contributed by atoms with Crippen LogP contribution < -0.4 is 5.32 Å². The van der Waals surface area contributed by atoms with Gasteiger partial charge in [-0.2, -0.15) is 0 Å².